The molecule has 1 aliphatic rings. The minimum atomic E-state index is -0.897. The zero-order valence-electron chi connectivity index (χ0n) is 14.9. The lowest BCUT2D eigenvalue weighted by atomic mass is 9.93. The Kier molecular flexibility index (Phi) is 4.35. The molecule has 7 nitrogen and oxygen atoms in total. The molecule has 1 fully saturated rings. The molecule has 0 aliphatic carbocycles. The molecule has 138 valence electrons. The van der Waals surface area contributed by atoms with Gasteiger partial charge in [-0.3, -0.25) is 14.6 Å². The Hall–Kier alpha value is -3.22. The van der Waals surface area contributed by atoms with Crippen molar-refractivity contribution in [2.75, 3.05) is 13.1 Å². The fourth-order valence-corrected chi connectivity index (χ4v) is 3.75. The smallest absolute Gasteiger partial charge is 0.309 e. The van der Waals surface area contributed by atoms with Crippen LogP contribution in [0.1, 0.15) is 22.9 Å². The second-order valence-electron chi connectivity index (χ2n) is 6.92. The van der Waals surface area contributed by atoms with E-state index in [0.717, 1.165) is 16.9 Å². The summed E-state index contributed by atoms with van der Waals surface area (Å²) in [5.41, 5.74) is 3.38. The Morgan fingerprint density at radius 1 is 1.19 bits per heavy atom. The van der Waals surface area contributed by atoms with Crippen LogP contribution in [0.15, 0.2) is 48.9 Å². The van der Waals surface area contributed by atoms with E-state index in [1.54, 1.807) is 23.4 Å². The normalized spacial score (nSPS) is 19.5. The number of pyridine rings is 2. The molecule has 3 aromatic heterocycles. The maximum absolute atomic E-state index is 12.9. The number of carbonyl (C=O) groups is 2. The summed E-state index contributed by atoms with van der Waals surface area (Å²) in [6.07, 6.45) is 5.44. The number of carboxylic acid groups (broad SMARTS) is 1. The summed E-state index contributed by atoms with van der Waals surface area (Å²) in [6, 6.07) is 9.35. The lowest BCUT2D eigenvalue weighted by Gasteiger charge is -2.16. The molecular formula is C20H20N4O3. The monoisotopic (exact) mass is 364 g/mol. The third-order valence-corrected chi connectivity index (χ3v) is 5.20. The lowest BCUT2D eigenvalue weighted by Crippen LogP contribution is -2.31. The first kappa shape index (κ1) is 17.2. The van der Waals surface area contributed by atoms with Gasteiger partial charge in [0.25, 0.3) is 0 Å². The van der Waals surface area contributed by atoms with Crippen LogP contribution >= 0.6 is 0 Å². The van der Waals surface area contributed by atoms with Crippen LogP contribution in [0, 0.1) is 12.8 Å². The second-order valence-corrected chi connectivity index (χ2v) is 6.92. The standard InChI is InChI=1S/C20H20N4O3/c1-13-5-4-8-24-14(10-22-19(13)24)9-18(25)23-11-15(16(12-23)20(26)27)17-6-2-3-7-21-17/h2-8,10,15-16H,9,11-12H2,1H3,(H,26,27)/t15-,16-/m1/s1. The van der Waals surface area contributed by atoms with Gasteiger partial charge in [0.2, 0.25) is 5.91 Å². The number of amides is 1. The Morgan fingerprint density at radius 3 is 2.78 bits per heavy atom. The number of rotatable bonds is 4. The Bertz CT molecular complexity index is 999. The molecule has 1 N–H and O–H groups in total. The third-order valence-electron chi connectivity index (χ3n) is 5.20. The highest BCUT2D eigenvalue weighted by molar-refractivity contribution is 5.81. The van der Waals surface area contributed by atoms with Crippen molar-refractivity contribution in [2.45, 2.75) is 19.3 Å². The number of aryl methyl sites for hydroxylation is 1. The summed E-state index contributed by atoms with van der Waals surface area (Å²) < 4.78 is 1.91. The molecule has 1 aliphatic heterocycles. The van der Waals surface area contributed by atoms with Gasteiger partial charge in [-0.15, -0.1) is 0 Å². The van der Waals surface area contributed by atoms with Gasteiger partial charge in [-0.05, 0) is 30.7 Å². The zero-order valence-corrected chi connectivity index (χ0v) is 14.9. The number of carboxylic acids is 1. The molecule has 1 amide bonds. The van der Waals surface area contributed by atoms with Crippen molar-refractivity contribution >= 4 is 17.5 Å². The van der Waals surface area contributed by atoms with E-state index in [9.17, 15) is 14.7 Å². The Labute approximate surface area is 156 Å². The number of aliphatic carboxylic acids is 1. The number of hydrogen-bond donors (Lipinski definition) is 1. The third kappa shape index (κ3) is 3.16. The summed E-state index contributed by atoms with van der Waals surface area (Å²) in [7, 11) is 0. The first-order valence-electron chi connectivity index (χ1n) is 8.87. The highest BCUT2D eigenvalue weighted by atomic mass is 16.4. The van der Waals surface area contributed by atoms with Gasteiger partial charge in [-0.2, -0.15) is 0 Å². The summed E-state index contributed by atoms with van der Waals surface area (Å²) in [4.78, 5) is 34.9. The molecular weight excluding hydrogens is 344 g/mol. The number of nitrogens with zero attached hydrogens (tertiary/aromatic N) is 4. The van der Waals surface area contributed by atoms with Crippen LogP contribution in [0.5, 0.6) is 0 Å². The van der Waals surface area contributed by atoms with Gasteiger partial charge in [0.05, 0.1) is 18.0 Å². The average Bonchev–Trinajstić information content (AvgIpc) is 3.28. The number of hydrogen-bond acceptors (Lipinski definition) is 4. The molecule has 0 aromatic carbocycles. The number of carbonyl (C=O) groups excluding carboxylic acids is 1. The Morgan fingerprint density at radius 2 is 2.04 bits per heavy atom. The maximum atomic E-state index is 12.9. The van der Waals surface area contributed by atoms with E-state index in [0.29, 0.717) is 12.2 Å². The molecule has 2 atom stereocenters. The van der Waals surface area contributed by atoms with E-state index in [2.05, 4.69) is 9.97 Å². The zero-order chi connectivity index (χ0) is 19.0. The van der Waals surface area contributed by atoms with Crippen molar-refractivity contribution in [3.8, 4) is 0 Å². The van der Waals surface area contributed by atoms with E-state index in [1.165, 1.54) is 0 Å². The van der Waals surface area contributed by atoms with Gasteiger partial charge in [-0.1, -0.05) is 12.1 Å². The molecule has 27 heavy (non-hydrogen) atoms. The van der Waals surface area contributed by atoms with Crippen LogP contribution in [-0.2, 0) is 16.0 Å². The van der Waals surface area contributed by atoms with Crippen molar-refractivity contribution in [1.82, 2.24) is 19.3 Å². The summed E-state index contributed by atoms with van der Waals surface area (Å²) in [5, 5.41) is 9.59. The lowest BCUT2D eigenvalue weighted by molar-refractivity contribution is -0.141. The highest BCUT2D eigenvalue weighted by Gasteiger charge is 2.41. The minimum Gasteiger partial charge on any atom is -0.481 e. The van der Waals surface area contributed by atoms with Crippen LogP contribution in [0.25, 0.3) is 5.65 Å². The Balaban J connectivity index is 1.55. The van der Waals surface area contributed by atoms with E-state index in [4.69, 9.17) is 0 Å². The van der Waals surface area contributed by atoms with E-state index < -0.39 is 11.9 Å². The maximum Gasteiger partial charge on any atom is 0.309 e. The molecule has 0 spiro atoms. The van der Waals surface area contributed by atoms with Gasteiger partial charge >= 0.3 is 5.97 Å². The molecule has 4 heterocycles. The quantitative estimate of drug-likeness (QED) is 0.764. The average molecular weight is 364 g/mol. The van der Waals surface area contributed by atoms with E-state index >= 15 is 0 Å². The van der Waals surface area contributed by atoms with Crippen LogP contribution in [-0.4, -0.2) is 49.3 Å². The molecule has 0 bridgehead atoms. The van der Waals surface area contributed by atoms with Crippen molar-refractivity contribution in [3.63, 3.8) is 0 Å². The fraction of sp³-hybridized carbons (Fsp3) is 0.300. The first-order valence-corrected chi connectivity index (χ1v) is 8.87. The van der Waals surface area contributed by atoms with Gasteiger partial charge in [0, 0.05) is 43.3 Å². The summed E-state index contributed by atoms with van der Waals surface area (Å²) >= 11 is 0. The summed E-state index contributed by atoms with van der Waals surface area (Å²) in [6.45, 7) is 2.54. The highest BCUT2D eigenvalue weighted by Crippen LogP contribution is 2.32. The molecule has 0 saturated carbocycles. The van der Waals surface area contributed by atoms with Crippen LogP contribution < -0.4 is 0 Å². The van der Waals surface area contributed by atoms with Gasteiger partial charge in [-0.25, -0.2) is 4.98 Å². The van der Waals surface area contributed by atoms with E-state index in [1.807, 2.05) is 41.8 Å². The molecule has 0 radical (unpaired) electrons. The molecule has 7 heteroatoms. The molecule has 3 aromatic rings. The number of imidazole rings is 1. The van der Waals surface area contributed by atoms with E-state index in [-0.39, 0.29) is 24.8 Å². The second kappa shape index (κ2) is 6.83. The van der Waals surface area contributed by atoms with Crippen molar-refractivity contribution < 1.29 is 14.7 Å². The van der Waals surface area contributed by atoms with Crippen molar-refractivity contribution in [3.05, 3.63) is 65.9 Å². The number of fused-ring (bicyclic) bond motifs is 1. The van der Waals surface area contributed by atoms with Crippen LogP contribution in [0.4, 0.5) is 0 Å². The predicted octanol–water partition coefficient (Wildman–Crippen LogP) is 1.91. The fourth-order valence-electron chi connectivity index (χ4n) is 3.75. The van der Waals surface area contributed by atoms with Crippen molar-refractivity contribution in [1.29, 1.82) is 0 Å². The molecule has 0 unspecified atom stereocenters. The van der Waals surface area contributed by atoms with Crippen LogP contribution in [0.2, 0.25) is 0 Å². The van der Waals surface area contributed by atoms with Gasteiger partial charge in [0.1, 0.15) is 5.65 Å². The van der Waals surface area contributed by atoms with Gasteiger partial charge in [0.15, 0.2) is 0 Å². The minimum absolute atomic E-state index is 0.0945. The number of aromatic nitrogens is 3. The topological polar surface area (TPSA) is 87.8 Å². The summed E-state index contributed by atoms with van der Waals surface area (Å²) in [5.74, 6) is -1.93. The molecule has 1 saturated heterocycles. The first-order chi connectivity index (χ1) is 13.0. The number of likely N-dealkylation sites (tertiary alicyclic amines) is 1. The largest absolute Gasteiger partial charge is 0.481 e. The van der Waals surface area contributed by atoms with Crippen LogP contribution in [0.3, 0.4) is 0 Å². The SMILES string of the molecule is Cc1cccn2c(CC(=O)N3C[C@@H](C(=O)O)[C@H](c4ccccn4)C3)cnc12. The van der Waals surface area contributed by atoms with Crippen molar-refractivity contribution in [2.24, 2.45) is 5.92 Å². The van der Waals surface area contributed by atoms with Gasteiger partial charge < -0.3 is 14.4 Å². The molecule has 4 rings (SSSR count). The predicted molar refractivity (Wildman–Crippen MR) is 98.3 cm³/mol.